The van der Waals surface area contributed by atoms with Crippen molar-refractivity contribution in [2.45, 2.75) is 71.7 Å². The van der Waals surface area contributed by atoms with Crippen molar-refractivity contribution < 1.29 is 0 Å². The summed E-state index contributed by atoms with van der Waals surface area (Å²) >= 11 is 6.59. The van der Waals surface area contributed by atoms with Gasteiger partial charge >= 0.3 is 0 Å². The summed E-state index contributed by atoms with van der Waals surface area (Å²) in [6.45, 7) is 10.2. The van der Waals surface area contributed by atoms with Crippen molar-refractivity contribution in [2.75, 3.05) is 0 Å². The van der Waals surface area contributed by atoms with Gasteiger partial charge in [0.1, 0.15) is 12.2 Å². The molecule has 0 radical (unpaired) electrons. The molecule has 3 unspecified atom stereocenters. The molecule has 0 amide bonds. The van der Waals surface area contributed by atoms with Crippen LogP contribution >= 0.6 is 11.6 Å². The molecule has 1 aromatic rings. The average Bonchev–Trinajstić information content (AvgIpc) is 2.79. The molecule has 0 bridgehead atoms. The quantitative estimate of drug-likeness (QED) is 0.776. The van der Waals surface area contributed by atoms with Gasteiger partial charge < -0.3 is 0 Å². The van der Waals surface area contributed by atoms with Crippen molar-refractivity contribution in [2.24, 2.45) is 17.3 Å². The summed E-state index contributed by atoms with van der Waals surface area (Å²) in [4.78, 5) is 4.44. The number of halogens is 1. The molecule has 1 aromatic heterocycles. The van der Waals surface area contributed by atoms with Gasteiger partial charge in [0.15, 0.2) is 0 Å². The molecule has 0 spiro atoms. The second-order valence-electron chi connectivity index (χ2n) is 7.26. The Morgan fingerprint density at radius 3 is 2.75 bits per heavy atom. The molecule has 1 aliphatic carbocycles. The fourth-order valence-corrected chi connectivity index (χ4v) is 3.62. The highest BCUT2D eigenvalue weighted by molar-refractivity contribution is 6.20. The summed E-state index contributed by atoms with van der Waals surface area (Å²) in [5, 5.41) is 4.62. The molecule has 0 aromatic carbocycles. The maximum Gasteiger partial charge on any atom is 0.138 e. The molecular weight excluding hydrogens is 270 g/mol. The van der Waals surface area contributed by atoms with Crippen molar-refractivity contribution >= 4 is 11.6 Å². The van der Waals surface area contributed by atoms with Gasteiger partial charge in [-0.05, 0) is 42.9 Å². The van der Waals surface area contributed by atoms with Crippen molar-refractivity contribution in [3.63, 3.8) is 0 Å². The second kappa shape index (κ2) is 6.46. The number of hydrogen-bond acceptors (Lipinski definition) is 2. The number of aromatic nitrogens is 3. The summed E-state index contributed by atoms with van der Waals surface area (Å²) in [6, 6.07) is 0. The van der Waals surface area contributed by atoms with E-state index in [0.29, 0.717) is 16.7 Å². The van der Waals surface area contributed by atoms with E-state index in [9.17, 15) is 0 Å². The molecule has 114 valence electrons. The molecule has 3 nitrogen and oxygen atoms in total. The van der Waals surface area contributed by atoms with E-state index in [-0.39, 0.29) is 0 Å². The van der Waals surface area contributed by atoms with Crippen molar-refractivity contribution in [3.8, 4) is 0 Å². The van der Waals surface area contributed by atoms with Crippen LogP contribution in [0.3, 0.4) is 0 Å². The SMILES string of the molecule is CCCn1ncnc1CC1CC(C(C)(C)C)CCC1Cl. The Morgan fingerprint density at radius 1 is 1.35 bits per heavy atom. The maximum absolute atomic E-state index is 6.59. The number of alkyl halides is 1. The third kappa shape index (κ3) is 3.75. The third-order valence-electron chi connectivity index (χ3n) is 4.69. The van der Waals surface area contributed by atoms with Crippen LogP contribution in [0.15, 0.2) is 6.33 Å². The second-order valence-corrected chi connectivity index (χ2v) is 7.82. The lowest BCUT2D eigenvalue weighted by atomic mass is 9.68. The Hall–Kier alpha value is -0.570. The van der Waals surface area contributed by atoms with E-state index in [1.807, 2.05) is 4.68 Å². The van der Waals surface area contributed by atoms with E-state index in [0.717, 1.165) is 37.5 Å². The Balaban J connectivity index is 2.04. The van der Waals surface area contributed by atoms with Crippen LogP contribution in [0.1, 0.15) is 59.2 Å². The molecule has 0 aliphatic heterocycles. The first-order valence-corrected chi connectivity index (χ1v) is 8.36. The Bertz CT molecular complexity index is 422. The molecule has 0 N–H and O–H groups in total. The van der Waals surface area contributed by atoms with E-state index < -0.39 is 0 Å². The molecular formula is C16H28ClN3. The van der Waals surface area contributed by atoms with E-state index in [2.05, 4.69) is 37.8 Å². The van der Waals surface area contributed by atoms with Crippen LogP contribution in [-0.2, 0) is 13.0 Å². The smallest absolute Gasteiger partial charge is 0.138 e. The lowest BCUT2D eigenvalue weighted by Crippen LogP contribution is -2.34. The monoisotopic (exact) mass is 297 g/mol. The fourth-order valence-electron chi connectivity index (χ4n) is 3.30. The van der Waals surface area contributed by atoms with E-state index in [1.165, 1.54) is 12.8 Å². The first-order chi connectivity index (χ1) is 9.41. The Labute approximate surface area is 128 Å². The van der Waals surface area contributed by atoms with Gasteiger partial charge in [-0.3, -0.25) is 4.68 Å². The molecule has 1 aliphatic rings. The first kappa shape index (κ1) is 15.8. The molecule has 20 heavy (non-hydrogen) atoms. The largest absolute Gasteiger partial charge is 0.250 e. The molecule has 1 heterocycles. The number of hydrogen-bond donors (Lipinski definition) is 0. The fraction of sp³-hybridized carbons (Fsp3) is 0.875. The van der Waals surface area contributed by atoms with Gasteiger partial charge in [0.25, 0.3) is 0 Å². The molecule has 0 saturated heterocycles. The van der Waals surface area contributed by atoms with Gasteiger partial charge in [0, 0.05) is 18.3 Å². The van der Waals surface area contributed by atoms with Gasteiger partial charge in [0.2, 0.25) is 0 Å². The number of nitrogens with zero attached hydrogens (tertiary/aromatic N) is 3. The summed E-state index contributed by atoms with van der Waals surface area (Å²) < 4.78 is 2.05. The van der Waals surface area contributed by atoms with Crippen molar-refractivity contribution in [1.82, 2.24) is 14.8 Å². The topological polar surface area (TPSA) is 30.7 Å². The number of rotatable bonds is 4. The van der Waals surface area contributed by atoms with Crippen LogP contribution in [-0.4, -0.2) is 20.1 Å². The maximum atomic E-state index is 6.59. The predicted octanol–water partition coefficient (Wildman–Crippen LogP) is 4.30. The minimum absolute atomic E-state index is 0.292. The highest BCUT2D eigenvalue weighted by atomic mass is 35.5. The molecule has 1 fully saturated rings. The lowest BCUT2D eigenvalue weighted by molar-refractivity contribution is 0.142. The van der Waals surface area contributed by atoms with Gasteiger partial charge in [-0.15, -0.1) is 11.6 Å². The zero-order valence-corrected chi connectivity index (χ0v) is 14.0. The van der Waals surface area contributed by atoms with Crippen LogP contribution in [0.2, 0.25) is 0 Å². The highest BCUT2D eigenvalue weighted by Gasteiger charge is 2.35. The summed E-state index contributed by atoms with van der Waals surface area (Å²) in [6.07, 6.45) is 7.36. The molecule has 2 rings (SSSR count). The minimum Gasteiger partial charge on any atom is -0.250 e. The Kier molecular flexibility index (Phi) is 5.11. The first-order valence-electron chi connectivity index (χ1n) is 7.92. The van der Waals surface area contributed by atoms with E-state index >= 15 is 0 Å². The molecule has 4 heteroatoms. The van der Waals surface area contributed by atoms with Crippen molar-refractivity contribution in [1.29, 1.82) is 0 Å². The van der Waals surface area contributed by atoms with Gasteiger partial charge in [-0.1, -0.05) is 27.7 Å². The zero-order valence-electron chi connectivity index (χ0n) is 13.3. The Morgan fingerprint density at radius 2 is 2.10 bits per heavy atom. The third-order valence-corrected chi connectivity index (χ3v) is 5.26. The average molecular weight is 298 g/mol. The predicted molar refractivity (Wildman–Crippen MR) is 83.9 cm³/mol. The summed E-state index contributed by atoms with van der Waals surface area (Å²) in [5.41, 5.74) is 0.381. The lowest BCUT2D eigenvalue weighted by Gasteiger charge is -2.39. The van der Waals surface area contributed by atoms with Gasteiger partial charge in [0.05, 0.1) is 0 Å². The standard InChI is InChI=1S/C16H28ClN3/c1-5-8-20-15(18-11-19-20)10-12-9-13(16(2,3)4)6-7-14(12)17/h11-14H,5-10H2,1-4H3. The van der Waals surface area contributed by atoms with Crippen molar-refractivity contribution in [3.05, 3.63) is 12.2 Å². The van der Waals surface area contributed by atoms with E-state index in [1.54, 1.807) is 6.33 Å². The zero-order chi connectivity index (χ0) is 14.8. The van der Waals surface area contributed by atoms with Crippen LogP contribution in [0.4, 0.5) is 0 Å². The van der Waals surface area contributed by atoms with Crippen LogP contribution in [0.5, 0.6) is 0 Å². The number of aryl methyl sites for hydroxylation is 1. The molecule has 3 atom stereocenters. The van der Waals surface area contributed by atoms with Crippen LogP contribution in [0, 0.1) is 17.3 Å². The van der Waals surface area contributed by atoms with Crippen LogP contribution < -0.4 is 0 Å². The molecule has 1 saturated carbocycles. The van der Waals surface area contributed by atoms with E-state index in [4.69, 9.17) is 11.6 Å². The normalized spacial score (nSPS) is 27.8. The summed E-state index contributed by atoms with van der Waals surface area (Å²) in [7, 11) is 0. The minimum atomic E-state index is 0.292. The van der Waals surface area contributed by atoms with Gasteiger partial charge in [-0.25, -0.2) is 4.98 Å². The summed E-state index contributed by atoms with van der Waals surface area (Å²) in [5.74, 6) is 2.41. The van der Waals surface area contributed by atoms with Crippen LogP contribution in [0.25, 0.3) is 0 Å². The highest BCUT2D eigenvalue weighted by Crippen LogP contribution is 2.42. The van der Waals surface area contributed by atoms with Gasteiger partial charge in [-0.2, -0.15) is 5.10 Å².